The number of hydrogen-bond donors (Lipinski definition) is 2. The Bertz CT molecular complexity index is 1320. The molecule has 2 aromatic carbocycles. The summed E-state index contributed by atoms with van der Waals surface area (Å²) in [5.41, 5.74) is 1.63. The average molecular weight is 514 g/mol. The molecule has 34 heavy (non-hydrogen) atoms. The largest absolute Gasteiger partial charge is 0.493 e. The number of thioether (sulfide) groups is 1. The number of methoxy groups -OCH3 is 2. The van der Waals surface area contributed by atoms with Crippen LogP contribution in [0.4, 0.5) is 10.3 Å². The number of anilines is 2. The van der Waals surface area contributed by atoms with Crippen LogP contribution in [0.2, 0.25) is 0 Å². The summed E-state index contributed by atoms with van der Waals surface area (Å²) in [6.07, 6.45) is 3.04. The lowest BCUT2D eigenvalue weighted by atomic mass is 10.2. The van der Waals surface area contributed by atoms with Crippen LogP contribution in [0, 0.1) is 0 Å². The van der Waals surface area contributed by atoms with Gasteiger partial charge in [-0.2, -0.15) is 0 Å². The zero-order valence-corrected chi connectivity index (χ0v) is 20.6. The first-order valence-electron chi connectivity index (χ1n) is 9.87. The summed E-state index contributed by atoms with van der Waals surface area (Å²) in [4.78, 5) is 28.9. The van der Waals surface area contributed by atoms with E-state index in [0.717, 1.165) is 15.8 Å². The molecule has 4 rings (SSSR count). The molecule has 0 radical (unpaired) electrons. The van der Waals surface area contributed by atoms with E-state index in [-0.39, 0.29) is 17.6 Å². The number of nitrogens with zero attached hydrogens (tertiary/aromatic N) is 3. The van der Waals surface area contributed by atoms with Gasteiger partial charge in [-0.3, -0.25) is 14.9 Å². The van der Waals surface area contributed by atoms with E-state index in [9.17, 15) is 9.59 Å². The summed E-state index contributed by atoms with van der Waals surface area (Å²) < 4.78 is 12.0. The molecule has 0 atom stereocenters. The van der Waals surface area contributed by atoms with Crippen LogP contribution in [0.15, 0.2) is 52.9 Å². The highest BCUT2D eigenvalue weighted by Crippen LogP contribution is 2.29. The Balaban J connectivity index is 1.27. The van der Waals surface area contributed by atoms with E-state index in [1.165, 1.54) is 40.5 Å². The van der Waals surface area contributed by atoms with Crippen molar-refractivity contribution in [3.8, 4) is 11.5 Å². The van der Waals surface area contributed by atoms with Crippen molar-refractivity contribution in [2.45, 2.75) is 4.34 Å². The molecule has 0 aliphatic rings. The summed E-state index contributed by atoms with van der Waals surface area (Å²) in [6.45, 7) is 0. The van der Waals surface area contributed by atoms with E-state index in [2.05, 4.69) is 25.8 Å². The monoisotopic (exact) mass is 513 g/mol. The maximum absolute atomic E-state index is 12.2. The fourth-order valence-corrected chi connectivity index (χ4v) is 5.24. The Morgan fingerprint density at radius 2 is 1.82 bits per heavy atom. The smallest absolute Gasteiger partial charge is 0.250 e. The molecule has 2 amide bonds. The van der Waals surface area contributed by atoms with Crippen LogP contribution in [0.1, 0.15) is 5.56 Å². The molecule has 2 aromatic heterocycles. The second-order valence-corrected chi connectivity index (χ2v) is 9.86. The maximum Gasteiger partial charge on any atom is 0.250 e. The highest BCUT2D eigenvalue weighted by Gasteiger charge is 2.12. The number of amides is 2. The molecular formula is C22H19N5O4S3. The van der Waals surface area contributed by atoms with Gasteiger partial charge in [0.2, 0.25) is 16.9 Å². The number of rotatable bonds is 9. The summed E-state index contributed by atoms with van der Waals surface area (Å²) in [5, 5.41) is 14.3. The van der Waals surface area contributed by atoms with Crippen LogP contribution >= 0.6 is 34.4 Å². The molecule has 4 aromatic rings. The van der Waals surface area contributed by atoms with Gasteiger partial charge in [0.1, 0.15) is 0 Å². The molecule has 0 unspecified atom stereocenters. The lowest BCUT2D eigenvalue weighted by molar-refractivity contribution is -0.114. The lowest BCUT2D eigenvalue weighted by Crippen LogP contribution is -2.13. The highest BCUT2D eigenvalue weighted by molar-refractivity contribution is 8.01. The molecule has 0 aliphatic carbocycles. The maximum atomic E-state index is 12.2. The topological polar surface area (TPSA) is 115 Å². The van der Waals surface area contributed by atoms with Crippen LogP contribution < -0.4 is 20.1 Å². The Kier molecular flexibility index (Phi) is 7.72. The van der Waals surface area contributed by atoms with Crippen molar-refractivity contribution < 1.29 is 19.1 Å². The normalized spacial score (nSPS) is 11.0. The Morgan fingerprint density at radius 3 is 2.62 bits per heavy atom. The Labute approximate surface area is 207 Å². The van der Waals surface area contributed by atoms with Gasteiger partial charge in [-0.1, -0.05) is 52.6 Å². The van der Waals surface area contributed by atoms with Crippen LogP contribution in [-0.4, -0.2) is 47.0 Å². The number of benzene rings is 2. The van der Waals surface area contributed by atoms with Crippen molar-refractivity contribution in [3.05, 3.63) is 54.1 Å². The van der Waals surface area contributed by atoms with E-state index >= 15 is 0 Å². The van der Waals surface area contributed by atoms with Gasteiger partial charge >= 0.3 is 0 Å². The number of ether oxygens (including phenoxy) is 2. The van der Waals surface area contributed by atoms with E-state index in [1.807, 2.05) is 30.3 Å². The van der Waals surface area contributed by atoms with Gasteiger partial charge in [0.25, 0.3) is 0 Å². The number of thiazole rings is 1. The first kappa shape index (κ1) is 23.7. The third-order valence-corrected chi connectivity index (χ3v) is 7.26. The summed E-state index contributed by atoms with van der Waals surface area (Å²) >= 11 is 3.85. The van der Waals surface area contributed by atoms with Gasteiger partial charge in [-0.05, 0) is 35.9 Å². The first-order valence-corrected chi connectivity index (χ1v) is 12.5. The van der Waals surface area contributed by atoms with Gasteiger partial charge < -0.3 is 14.8 Å². The van der Waals surface area contributed by atoms with E-state index < -0.39 is 0 Å². The fourth-order valence-electron chi connectivity index (χ4n) is 2.80. The number of fused-ring (bicyclic) bond motifs is 1. The number of hydrogen-bond acceptors (Lipinski definition) is 10. The molecule has 2 heterocycles. The lowest BCUT2D eigenvalue weighted by Gasteiger charge is -2.07. The second-order valence-electron chi connectivity index (χ2n) is 6.63. The number of para-hydroxylation sites is 1. The SMILES string of the molecule is COc1ccc(/C=C/C(=O)Nc2nnc(SCC(=O)Nc3nc4ccccc4s3)s2)cc1OC. The minimum Gasteiger partial charge on any atom is -0.493 e. The molecule has 174 valence electrons. The van der Waals surface area contributed by atoms with E-state index in [4.69, 9.17) is 9.47 Å². The fraction of sp³-hybridized carbons (Fsp3) is 0.136. The number of aromatic nitrogens is 3. The first-order chi connectivity index (χ1) is 16.5. The van der Waals surface area contributed by atoms with Crippen molar-refractivity contribution in [2.24, 2.45) is 0 Å². The number of carbonyl (C=O) groups is 2. The highest BCUT2D eigenvalue weighted by atomic mass is 32.2. The van der Waals surface area contributed by atoms with Gasteiger partial charge in [0, 0.05) is 6.08 Å². The van der Waals surface area contributed by atoms with E-state index in [1.54, 1.807) is 32.4 Å². The standard InChI is InChI=1S/C22H19N5O4S3/c1-30-15-9-7-13(11-16(15)31-2)8-10-18(28)24-21-26-27-22(34-21)32-12-19(29)25-20-23-14-5-3-4-6-17(14)33-20/h3-11H,12H2,1-2H3,(H,23,25,29)(H,24,26,28)/b10-8+. The van der Waals surface area contributed by atoms with Gasteiger partial charge in [-0.15, -0.1) is 10.2 Å². The predicted molar refractivity (Wildman–Crippen MR) is 136 cm³/mol. The zero-order chi connectivity index (χ0) is 23.9. The third kappa shape index (κ3) is 6.10. The number of carbonyl (C=O) groups excluding carboxylic acids is 2. The molecule has 9 nitrogen and oxygen atoms in total. The quantitative estimate of drug-likeness (QED) is 0.190. The Hall–Kier alpha value is -3.48. The van der Waals surface area contributed by atoms with Crippen LogP contribution in [-0.2, 0) is 9.59 Å². The molecule has 0 saturated carbocycles. The minimum absolute atomic E-state index is 0.151. The van der Waals surface area contributed by atoms with Crippen LogP contribution in [0.25, 0.3) is 16.3 Å². The second kappa shape index (κ2) is 11.1. The Morgan fingerprint density at radius 1 is 1.00 bits per heavy atom. The third-order valence-electron chi connectivity index (χ3n) is 4.34. The van der Waals surface area contributed by atoms with Gasteiger partial charge in [0.15, 0.2) is 21.0 Å². The predicted octanol–water partition coefficient (Wildman–Crippen LogP) is 4.55. The average Bonchev–Trinajstić information content (AvgIpc) is 3.47. The van der Waals surface area contributed by atoms with Crippen molar-refractivity contribution in [1.82, 2.24) is 15.2 Å². The van der Waals surface area contributed by atoms with Gasteiger partial charge in [-0.25, -0.2) is 4.98 Å². The van der Waals surface area contributed by atoms with Crippen molar-refractivity contribution >= 4 is 72.8 Å². The summed E-state index contributed by atoms with van der Waals surface area (Å²) in [5.74, 6) is 0.788. The number of nitrogens with one attached hydrogen (secondary N) is 2. The van der Waals surface area contributed by atoms with Crippen LogP contribution in [0.3, 0.4) is 0 Å². The molecular weight excluding hydrogens is 494 g/mol. The molecule has 0 spiro atoms. The molecule has 0 bridgehead atoms. The molecule has 12 heteroatoms. The summed E-state index contributed by atoms with van der Waals surface area (Å²) in [7, 11) is 3.11. The van der Waals surface area contributed by atoms with Crippen LogP contribution in [0.5, 0.6) is 11.5 Å². The summed E-state index contributed by atoms with van der Waals surface area (Å²) in [6, 6.07) is 13.0. The molecule has 0 aliphatic heterocycles. The zero-order valence-electron chi connectivity index (χ0n) is 18.1. The van der Waals surface area contributed by atoms with Gasteiger partial charge in [0.05, 0.1) is 30.2 Å². The van der Waals surface area contributed by atoms with Crippen molar-refractivity contribution in [2.75, 3.05) is 30.6 Å². The molecule has 2 N–H and O–H groups in total. The van der Waals surface area contributed by atoms with Crippen molar-refractivity contribution in [3.63, 3.8) is 0 Å². The molecule has 0 fully saturated rings. The van der Waals surface area contributed by atoms with Crippen molar-refractivity contribution in [1.29, 1.82) is 0 Å². The van der Waals surface area contributed by atoms with E-state index in [0.29, 0.717) is 26.1 Å². The minimum atomic E-state index is -0.351. The molecule has 0 saturated heterocycles.